The van der Waals surface area contributed by atoms with Crippen molar-refractivity contribution >= 4 is 11.7 Å². The molecule has 0 radical (unpaired) electrons. The predicted molar refractivity (Wildman–Crippen MR) is 105 cm³/mol. The molecule has 27 heavy (non-hydrogen) atoms. The third-order valence-electron chi connectivity index (χ3n) is 4.03. The second kappa shape index (κ2) is 8.89. The number of methoxy groups -OCH3 is 1. The fraction of sp³-hybridized carbons (Fsp3) is 0.238. The monoisotopic (exact) mass is 365 g/mol. The first-order chi connectivity index (χ1) is 13.2. The van der Waals surface area contributed by atoms with Gasteiger partial charge in [-0.1, -0.05) is 31.5 Å². The Bertz CT molecular complexity index is 891. The van der Waals surface area contributed by atoms with Crippen LogP contribution in [-0.4, -0.2) is 29.4 Å². The molecule has 3 aromatic rings. The quantitative estimate of drug-likeness (QED) is 0.604. The molecule has 6 nitrogen and oxygen atoms in total. The number of aromatic nitrogens is 2. The number of nitrogens with one attached hydrogen (secondary N) is 1. The van der Waals surface area contributed by atoms with E-state index in [0.717, 1.165) is 18.5 Å². The number of amides is 1. The Morgan fingerprint density at radius 2 is 1.93 bits per heavy atom. The van der Waals surface area contributed by atoms with E-state index in [1.165, 1.54) is 0 Å². The van der Waals surface area contributed by atoms with Crippen LogP contribution in [-0.2, 0) is 0 Å². The van der Waals surface area contributed by atoms with Gasteiger partial charge < -0.3 is 14.8 Å². The molecule has 2 aromatic carbocycles. The lowest BCUT2D eigenvalue weighted by atomic mass is 10.2. The first-order valence-corrected chi connectivity index (χ1v) is 8.94. The highest BCUT2D eigenvalue weighted by Crippen LogP contribution is 2.28. The van der Waals surface area contributed by atoms with E-state index >= 15 is 0 Å². The summed E-state index contributed by atoms with van der Waals surface area (Å²) in [5, 5.41) is 7.19. The van der Waals surface area contributed by atoms with Gasteiger partial charge in [0, 0.05) is 17.8 Å². The van der Waals surface area contributed by atoms with Gasteiger partial charge in [-0.25, -0.2) is 4.68 Å². The molecule has 0 saturated heterocycles. The highest BCUT2D eigenvalue weighted by atomic mass is 16.5. The molecule has 0 fully saturated rings. The zero-order chi connectivity index (χ0) is 19.1. The number of para-hydroxylation sites is 1. The van der Waals surface area contributed by atoms with E-state index in [1.807, 2.05) is 30.3 Å². The fourth-order valence-corrected chi connectivity index (χ4v) is 2.56. The number of anilines is 1. The van der Waals surface area contributed by atoms with Crippen molar-refractivity contribution in [3.8, 4) is 17.2 Å². The normalized spacial score (nSPS) is 10.4. The molecule has 0 aliphatic rings. The topological polar surface area (TPSA) is 65.4 Å². The average Bonchev–Trinajstić information content (AvgIpc) is 3.17. The molecule has 1 aromatic heterocycles. The van der Waals surface area contributed by atoms with Crippen molar-refractivity contribution in [2.24, 2.45) is 0 Å². The summed E-state index contributed by atoms with van der Waals surface area (Å²) in [4.78, 5) is 12.5. The first-order valence-electron chi connectivity index (χ1n) is 8.94. The lowest BCUT2D eigenvalue weighted by Crippen LogP contribution is -2.13. The van der Waals surface area contributed by atoms with E-state index in [4.69, 9.17) is 9.47 Å². The molecule has 1 N–H and O–H groups in total. The summed E-state index contributed by atoms with van der Waals surface area (Å²) < 4.78 is 12.8. The summed E-state index contributed by atoms with van der Waals surface area (Å²) >= 11 is 0. The Kier molecular flexibility index (Phi) is 6.10. The number of hydrogen-bond acceptors (Lipinski definition) is 4. The maximum absolute atomic E-state index is 12.5. The molecule has 0 aliphatic carbocycles. The number of carbonyl (C=O) groups excluding carboxylic acids is 1. The minimum Gasteiger partial charge on any atom is -0.493 e. The van der Waals surface area contributed by atoms with Crippen LogP contribution in [0.1, 0.15) is 30.1 Å². The molecule has 6 heteroatoms. The molecule has 0 bridgehead atoms. The zero-order valence-corrected chi connectivity index (χ0v) is 15.5. The van der Waals surface area contributed by atoms with Gasteiger partial charge in [-0.2, -0.15) is 5.10 Å². The summed E-state index contributed by atoms with van der Waals surface area (Å²) in [5.41, 5.74) is 1.40. The van der Waals surface area contributed by atoms with Crippen LogP contribution >= 0.6 is 0 Å². The smallest absolute Gasteiger partial charge is 0.257 e. The molecule has 140 valence electrons. The number of rotatable bonds is 8. The van der Waals surface area contributed by atoms with Crippen molar-refractivity contribution in [3.05, 3.63) is 66.4 Å². The first kappa shape index (κ1) is 18.5. The third-order valence-corrected chi connectivity index (χ3v) is 4.03. The van der Waals surface area contributed by atoms with Gasteiger partial charge in [-0.3, -0.25) is 4.79 Å². The summed E-state index contributed by atoms with van der Waals surface area (Å²) in [6, 6.07) is 16.6. The number of ether oxygens (including phenoxy) is 2. The fourth-order valence-electron chi connectivity index (χ4n) is 2.56. The zero-order valence-electron chi connectivity index (χ0n) is 15.5. The van der Waals surface area contributed by atoms with Crippen LogP contribution in [0.2, 0.25) is 0 Å². The van der Waals surface area contributed by atoms with Gasteiger partial charge in [0.15, 0.2) is 17.3 Å². The van der Waals surface area contributed by atoms with Gasteiger partial charge in [0.05, 0.1) is 19.4 Å². The molecule has 1 heterocycles. The third kappa shape index (κ3) is 4.67. The van der Waals surface area contributed by atoms with Crippen LogP contribution in [0.25, 0.3) is 5.69 Å². The number of nitrogens with zero attached hydrogens (tertiary/aromatic N) is 2. The lowest BCUT2D eigenvalue weighted by molar-refractivity contribution is 0.102. The summed E-state index contributed by atoms with van der Waals surface area (Å²) in [6.45, 7) is 2.72. The van der Waals surface area contributed by atoms with E-state index in [1.54, 1.807) is 42.3 Å². The van der Waals surface area contributed by atoms with Crippen molar-refractivity contribution in [2.45, 2.75) is 19.8 Å². The molecule has 1 amide bonds. The number of hydrogen-bond donors (Lipinski definition) is 1. The summed E-state index contributed by atoms with van der Waals surface area (Å²) in [7, 11) is 1.56. The molecule has 0 atom stereocenters. The molecule has 0 saturated carbocycles. The van der Waals surface area contributed by atoms with Crippen molar-refractivity contribution in [2.75, 3.05) is 19.0 Å². The van der Waals surface area contributed by atoms with E-state index in [0.29, 0.717) is 29.5 Å². The van der Waals surface area contributed by atoms with Crippen LogP contribution in [0.15, 0.2) is 60.8 Å². The Morgan fingerprint density at radius 1 is 1.11 bits per heavy atom. The van der Waals surface area contributed by atoms with Crippen LogP contribution < -0.4 is 14.8 Å². The minimum atomic E-state index is -0.258. The average molecular weight is 365 g/mol. The highest BCUT2D eigenvalue weighted by molar-refractivity contribution is 6.04. The Balaban J connectivity index is 1.70. The van der Waals surface area contributed by atoms with Gasteiger partial charge >= 0.3 is 0 Å². The molecular weight excluding hydrogens is 342 g/mol. The second-order valence-electron chi connectivity index (χ2n) is 6.00. The SMILES string of the molecule is CCCCOc1ccc(C(=O)Nc2ccn(-c3ccccc3)n2)cc1OC. The Hall–Kier alpha value is -3.28. The van der Waals surface area contributed by atoms with Gasteiger partial charge in [0.2, 0.25) is 0 Å². The van der Waals surface area contributed by atoms with Crippen LogP contribution in [0.3, 0.4) is 0 Å². The van der Waals surface area contributed by atoms with Crippen molar-refractivity contribution < 1.29 is 14.3 Å². The minimum absolute atomic E-state index is 0.258. The molecule has 0 spiro atoms. The maximum atomic E-state index is 12.5. The van der Waals surface area contributed by atoms with Crippen molar-refractivity contribution in [1.82, 2.24) is 9.78 Å². The Morgan fingerprint density at radius 3 is 2.67 bits per heavy atom. The van der Waals surface area contributed by atoms with E-state index in [2.05, 4.69) is 17.3 Å². The number of benzene rings is 2. The highest BCUT2D eigenvalue weighted by Gasteiger charge is 2.13. The van der Waals surface area contributed by atoms with Crippen LogP contribution in [0.5, 0.6) is 11.5 Å². The second-order valence-corrected chi connectivity index (χ2v) is 6.00. The Labute approximate surface area is 158 Å². The van der Waals surface area contributed by atoms with Crippen LogP contribution in [0.4, 0.5) is 5.82 Å². The van der Waals surface area contributed by atoms with Gasteiger partial charge in [0.1, 0.15) is 0 Å². The van der Waals surface area contributed by atoms with Gasteiger partial charge in [-0.15, -0.1) is 0 Å². The molecule has 3 rings (SSSR count). The van der Waals surface area contributed by atoms with E-state index < -0.39 is 0 Å². The summed E-state index contributed by atoms with van der Waals surface area (Å²) in [6.07, 6.45) is 3.82. The van der Waals surface area contributed by atoms with Crippen LogP contribution in [0, 0.1) is 0 Å². The standard InChI is InChI=1S/C21H23N3O3/c1-3-4-14-27-18-11-10-16(15-19(18)26-2)21(25)22-20-12-13-24(23-20)17-8-6-5-7-9-17/h5-13,15H,3-4,14H2,1-2H3,(H,22,23,25). The van der Waals surface area contributed by atoms with Gasteiger partial charge in [0.25, 0.3) is 5.91 Å². The molecule has 0 unspecified atom stereocenters. The number of unbranched alkanes of at least 4 members (excludes halogenated alkanes) is 1. The van der Waals surface area contributed by atoms with E-state index in [9.17, 15) is 4.79 Å². The molecule has 0 aliphatic heterocycles. The predicted octanol–water partition coefficient (Wildman–Crippen LogP) is 4.31. The molecular formula is C21H23N3O3. The van der Waals surface area contributed by atoms with Crippen molar-refractivity contribution in [1.29, 1.82) is 0 Å². The van der Waals surface area contributed by atoms with Crippen molar-refractivity contribution in [3.63, 3.8) is 0 Å². The lowest BCUT2D eigenvalue weighted by Gasteiger charge is -2.11. The maximum Gasteiger partial charge on any atom is 0.257 e. The summed E-state index contributed by atoms with van der Waals surface area (Å²) in [5.74, 6) is 1.39. The van der Waals surface area contributed by atoms with E-state index in [-0.39, 0.29) is 5.91 Å². The van der Waals surface area contributed by atoms with Gasteiger partial charge in [-0.05, 0) is 36.8 Å². The number of carbonyl (C=O) groups is 1. The largest absolute Gasteiger partial charge is 0.493 e.